The van der Waals surface area contributed by atoms with E-state index in [0.29, 0.717) is 0 Å². The molecule has 0 heterocycles. The van der Waals surface area contributed by atoms with Crippen molar-refractivity contribution in [2.45, 2.75) is 24.4 Å². The van der Waals surface area contributed by atoms with Gasteiger partial charge in [-0.25, -0.2) is 0 Å². The summed E-state index contributed by atoms with van der Waals surface area (Å²) in [5, 5.41) is 44.2. The third kappa shape index (κ3) is 3.02. The summed E-state index contributed by atoms with van der Waals surface area (Å²) in [4.78, 5) is 0. The maximum atomic E-state index is 9.04. The molecular weight excluding hydrogens is 166 g/mol. The Hall–Kier alpha value is -0.240. The standard InChI is InChI=1S/C6H15NO5/c7-1-3(9)5(11)6(12)4(10)2-8/h3-6,8-12H,1-2,7H2/t3?,4-,5-,6-/m0/s1. The average molecular weight is 181 g/mol. The smallest absolute Gasteiger partial charge is 0.111 e. The SMILES string of the molecule is NCC(O)[C@H](O)[C@@H](O)[C@@H](O)CO. The Balaban J connectivity index is 3.99. The molecule has 12 heavy (non-hydrogen) atoms. The molecular formula is C6H15NO5. The first-order valence-corrected chi connectivity index (χ1v) is 3.57. The largest absolute Gasteiger partial charge is 0.394 e. The molecule has 6 nitrogen and oxygen atoms in total. The van der Waals surface area contributed by atoms with Gasteiger partial charge in [-0.15, -0.1) is 0 Å². The normalized spacial score (nSPS) is 21.5. The lowest BCUT2D eigenvalue weighted by Crippen LogP contribution is -2.48. The quantitative estimate of drug-likeness (QED) is 0.260. The highest BCUT2D eigenvalue weighted by molar-refractivity contribution is 4.80. The molecule has 0 aliphatic heterocycles. The highest BCUT2D eigenvalue weighted by Crippen LogP contribution is 2.03. The van der Waals surface area contributed by atoms with Crippen molar-refractivity contribution < 1.29 is 25.5 Å². The van der Waals surface area contributed by atoms with E-state index >= 15 is 0 Å². The molecule has 0 amide bonds. The summed E-state index contributed by atoms with van der Waals surface area (Å²) >= 11 is 0. The van der Waals surface area contributed by atoms with E-state index in [9.17, 15) is 0 Å². The highest BCUT2D eigenvalue weighted by Gasteiger charge is 2.28. The zero-order valence-corrected chi connectivity index (χ0v) is 6.54. The van der Waals surface area contributed by atoms with Crippen LogP contribution in [-0.2, 0) is 0 Å². The van der Waals surface area contributed by atoms with Crippen LogP contribution in [0.1, 0.15) is 0 Å². The van der Waals surface area contributed by atoms with Gasteiger partial charge in [0.25, 0.3) is 0 Å². The van der Waals surface area contributed by atoms with Crippen molar-refractivity contribution in [1.82, 2.24) is 0 Å². The average Bonchev–Trinajstić information content (AvgIpc) is 2.12. The first kappa shape index (κ1) is 11.8. The van der Waals surface area contributed by atoms with Crippen molar-refractivity contribution in [2.75, 3.05) is 13.2 Å². The van der Waals surface area contributed by atoms with Crippen LogP contribution in [0.3, 0.4) is 0 Å². The first-order valence-electron chi connectivity index (χ1n) is 3.57. The molecule has 0 aliphatic carbocycles. The van der Waals surface area contributed by atoms with Crippen LogP contribution in [-0.4, -0.2) is 63.1 Å². The van der Waals surface area contributed by atoms with Crippen LogP contribution in [0.2, 0.25) is 0 Å². The number of hydrogen-bond donors (Lipinski definition) is 6. The second-order valence-corrected chi connectivity index (χ2v) is 2.53. The lowest BCUT2D eigenvalue weighted by atomic mass is 10.0. The van der Waals surface area contributed by atoms with E-state index < -0.39 is 31.0 Å². The molecule has 0 saturated heterocycles. The molecule has 4 atom stereocenters. The van der Waals surface area contributed by atoms with Crippen molar-refractivity contribution in [3.8, 4) is 0 Å². The van der Waals surface area contributed by atoms with Crippen LogP contribution in [0.5, 0.6) is 0 Å². The second-order valence-electron chi connectivity index (χ2n) is 2.53. The van der Waals surface area contributed by atoms with Gasteiger partial charge in [-0.3, -0.25) is 0 Å². The minimum absolute atomic E-state index is 0.226. The van der Waals surface area contributed by atoms with Crippen LogP contribution < -0.4 is 5.73 Å². The molecule has 0 rings (SSSR count). The summed E-state index contributed by atoms with van der Waals surface area (Å²) in [6.07, 6.45) is -5.91. The number of nitrogens with two attached hydrogens (primary N) is 1. The van der Waals surface area contributed by atoms with Gasteiger partial charge in [-0.1, -0.05) is 0 Å². The highest BCUT2D eigenvalue weighted by atomic mass is 16.4. The van der Waals surface area contributed by atoms with Crippen molar-refractivity contribution in [3.63, 3.8) is 0 Å². The predicted octanol–water partition coefficient (Wildman–Crippen LogP) is -3.62. The zero-order chi connectivity index (χ0) is 9.72. The Kier molecular flexibility index (Phi) is 5.31. The molecule has 0 aromatic heterocycles. The molecule has 0 bridgehead atoms. The monoisotopic (exact) mass is 181 g/mol. The summed E-state index contributed by atoms with van der Waals surface area (Å²) in [6.45, 7) is -0.911. The van der Waals surface area contributed by atoms with E-state index in [-0.39, 0.29) is 6.54 Å². The minimum Gasteiger partial charge on any atom is -0.394 e. The van der Waals surface area contributed by atoms with E-state index in [1.165, 1.54) is 0 Å². The summed E-state index contributed by atoms with van der Waals surface area (Å²) in [5.41, 5.74) is 4.99. The van der Waals surface area contributed by atoms with Gasteiger partial charge in [0.15, 0.2) is 0 Å². The van der Waals surface area contributed by atoms with Crippen molar-refractivity contribution >= 4 is 0 Å². The van der Waals surface area contributed by atoms with Crippen LogP contribution in [0, 0.1) is 0 Å². The van der Waals surface area contributed by atoms with E-state index in [1.54, 1.807) is 0 Å². The Morgan fingerprint density at radius 1 is 0.917 bits per heavy atom. The van der Waals surface area contributed by atoms with Gasteiger partial charge in [-0.2, -0.15) is 0 Å². The summed E-state index contributed by atoms with van der Waals surface area (Å²) in [7, 11) is 0. The van der Waals surface area contributed by atoms with Gasteiger partial charge in [0.2, 0.25) is 0 Å². The predicted molar refractivity (Wildman–Crippen MR) is 40.2 cm³/mol. The molecule has 0 fully saturated rings. The molecule has 0 aliphatic rings. The van der Waals surface area contributed by atoms with Crippen molar-refractivity contribution in [2.24, 2.45) is 5.73 Å². The molecule has 0 aromatic rings. The third-order valence-corrected chi connectivity index (χ3v) is 1.57. The number of aliphatic hydroxyl groups is 5. The first-order chi connectivity index (χ1) is 5.54. The third-order valence-electron chi connectivity index (χ3n) is 1.57. The topological polar surface area (TPSA) is 127 Å². The Morgan fingerprint density at radius 2 is 1.33 bits per heavy atom. The fraction of sp³-hybridized carbons (Fsp3) is 1.00. The Morgan fingerprint density at radius 3 is 1.67 bits per heavy atom. The summed E-state index contributed by atoms with van der Waals surface area (Å²) in [5.74, 6) is 0. The number of aliphatic hydroxyl groups excluding tert-OH is 5. The maximum Gasteiger partial charge on any atom is 0.111 e. The van der Waals surface area contributed by atoms with E-state index in [4.69, 9.17) is 31.3 Å². The number of rotatable bonds is 5. The van der Waals surface area contributed by atoms with Gasteiger partial charge in [0.1, 0.15) is 18.3 Å². The number of hydrogen-bond acceptors (Lipinski definition) is 6. The Bertz CT molecular complexity index is 109. The zero-order valence-electron chi connectivity index (χ0n) is 6.54. The van der Waals surface area contributed by atoms with E-state index in [2.05, 4.69) is 0 Å². The summed E-state index contributed by atoms with van der Waals surface area (Å²) in [6, 6.07) is 0. The fourth-order valence-corrected chi connectivity index (χ4v) is 0.703. The van der Waals surface area contributed by atoms with E-state index in [1.807, 2.05) is 0 Å². The lowest BCUT2D eigenvalue weighted by Gasteiger charge is -2.24. The van der Waals surface area contributed by atoms with Crippen LogP contribution in [0.15, 0.2) is 0 Å². The van der Waals surface area contributed by atoms with Crippen molar-refractivity contribution in [3.05, 3.63) is 0 Å². The molecule has 7 N–H and O–H groups in total. The summed E-state index contributed by atoms with van der Waals surface area (Å²) < 4.78 is 0. The van der Waals surface area contributed by atoms with Gasteiger partial charge in [-0.05, 0) is 0 Å². The van der Waals surface area contributed by atoms with Crippen molar-refractivity contribution in [1.29, 1.82) is 0 Å². The molecule has 0 spiro atoms. The maximum absolute atomic E-state index is 9.04. The molecule has 1 unspecified atom stereocenters. The van der Waals surface area contributed by atoms with Crippen LogP contribution in [0.25, 0.3) is 0 Å². The van der Waals surface area contributed by atoms with Gasteiger partial charge in [0.05, 0.1) is 12.7 Å². The molecule has 6 heteroatoms. The Labute approximate surface area is 69.9 Å². The van der Waals surface area contributed by atoms with Gasteiger partial charge in [0, 0.05) is 6.54 Å². The lowest BCUT2D eigenvalue weighted by molar-refractivity contribution is -0.112. The molecule has 0 radical (unpaired) electrons. The molecule has 0 aromatic carbocycles. The fourth-order valence-electron chi connectivity index (χ4n) is 0.703. The second kappa shape index (κ2) is 5.41. The van der Waals surface area contributed by atoms with Gasteiger partial charge < -0.3 is 31.3 Å². The van der Waals surface area contributed by atoms with Crippen LogP contribution >= 0.6 is 0 Å². The molecule has 74 valence electrons. The minimum atomic E-state index is -1.59. The van der Waals surface area contributed by atoms with Gasteiger partial charge >= 0.3 is 0 Å². The van der Waals surface area contributed by atoms with E-state index in [0.717, 1.165) is 0 Å². The van der Waals surface area contributed by atoms with Crippen LogP contribution in [0.4, 0.5) is 0 Å². The molecule has 0 saturated carbocycles.